The minimum absolute atomic E-state index is 0.00932. The topological polar surface area (TPSA) is 146 Å². The quantitative estimate of drug-likeness (QED) is 0.317. The van der Waals surface area contributed by atoms with Gasteiger partial charge >= 0.3 is 12.1 Å². The Hall–Kier alpha value is -2.40. The monoisotopic (exact) mass is 456 g/mol. The van der Waals surface area contributed by atoms with E-state index in [0.717, 1.165) is 38.8 Å². The van der Waals surface area contributed by atoms with Gasteiger partial charge in [0.2, 0.25) is 11.8 Å². The van der Waals surface area contributed by atoms with Crippen LogP contribution in [0.4, 0.5) is 4.79 Å². The van der Waals surface area contributed by atoms with Crippen molar-refractivity contribution in [2.24, 2.45) is 11.8 Å². The zero-order chi connectivity index (χ0) is 23.3. The Morgan fingerprint density at radius 1 is 1.16 bits per heavy atom. The Balaban J connectivity index is 1.75. The molecular weight excluding hydrogens is 420 g/mol. The van der Waals surface area contributed by atoms with Crippen LogP contribution in [-0.2, 0) is 23.9 Å². The maximum Gasteiger partial charge on any atom is 0.407 e. The zero-order valence-electron chi connectivity index (χ0n) is 18.8. The fraction of sp³-hybridized carbons (Fsp3) is 0.810. The van der Waals surface area contributed by atoms with E-state index in [1.54, 1.807) is 4.90 Å². The SMILES string of the molecule is COCCOC(=O)N[C@H](CNC(=O)[C@@H]1CCCN(C(=O)CCC2CCNCC2)C1)C(=O)O. The van der Waals surface area contributed by atoms with Gasteiger partial charge < -0.3 is 35.4 Å². The number of piperidine rings is 2. The third kappa shape index (κ3) is 8.99. The molecule has 2 heterocycles. The van der Waals surface area contributed by atoms with E-state index in [9.17, 15) is 24.3 Å². The number of carbonyl (C=O) groups excluding carboxylic acids is 3. The Labute approximate surface area is 188 Å². The third-order valence-corrected chi connectivity index (χ3v) is 5.96. The van der Waals surface area contributed by atoms with Crippen LogP contribution in [0.1, 0.15) is 38.5 Å². The second-order valence-electron chi connectivity index (χ2n) is 8.32. The van der Waals surface area contributed by atoms with Crippen molar-refractivity contribution in [3.63, 3.8) is 0 Å². The fourth-order valence-corrected chi connectivity index (χ4v) is 4.02. The van der Waals surface area contributed by atoms with Crippen molar-refractivity contribution in [2.75, 3.05) is 53.0 Å². The first-order valence-corrected chi connectivity index (χ1v) is 11.3. The van der Waals surface area contributed by atoms with Crippen LogP contribution in [0, 0.1) is 11.8 Å². The van der Waals surface area contributed by atoms with Gasteiger partial charge in [-0.2, -0.15) is 0 Å². The number of ether oxygens (including phenoxy) is 2. The molecule has 0 saturated carbocycles. The number of nitrogens with zero attached hydrogens (tertiary/aromatic N) is 1. The summed E-state index contributed by atoms with van der Waals surface area (Å²) < 4.78 is 9.55. The van der Waals surface area contributed by atoms with E-state index in [0.29, 0.717) is 31.8 Å². The lowest BCUT2D eigenvalue weighted by Crippen LogP contribution is -2.51. The molecule has 2 atom stereocenters. The maximum atomic E-state index is 12.6. The molecule has 4 N–H and O–H groups in total. The van der Waals surface area contributed by atoms with Gasteiger partial charge in [0.25, 0.3) is 0 Å². The number of rotatable bonds is 11. The van der Waals surface area contributed by atoms with Crippen LogP contribution in [-0.4, -0.2) is 93.0 Å². The lowest BCUT2D eigenvalue weighted by molar-refractivity contribution is -0.139. The molecule has 0 aromatic rings. The van der Waals surface area contributed by atoms with E-state index < -0.39 is 24.0 Å². The van der Waals surface area contributed by atoms with Crippen LogP contribution in [0.25, 0.3) is 0 Å². The summed E-state index contributed by atoms with van der Waals surface area (Å²) in [7, 11) is 1.45. The van der Waals surface area contributed by atoms with E-state index in [1.165, 1.54) is 7.11 Å². The largest absolute Gasteiger partial charge is 0.480 e. The number of hydrogen-bond donors (Lipinski definition) is 4. The molecule has 2 aliphatic rings. The summed E-state index contributed by atoms with van der Waals surface area (Å²) in [6.07, 6.45) is 4.02. The second-order valence-corrected chi connectivity index (χ2v) is 8.32. The summed E-state index contributed by atoms with van der Waals surface area (Å²) in [5.74, 6) is -1.35. The van der Waals surface area contributed by atoms with Crippen molar-refractivity contribution < 1.29 is 33.8 Å². The molecular formula is C21H36N4O7. The molecule has 32 heavy (non-hydrogen) atoms. The normalized spacial score (nSPS) is 20.3. The van der Waals surface area contributed by atoms with Gasteiger partial charge in [-0.1, -0.05) is 0 Å². The Morgan fingerprint density at radius 3 is 2.59 bits per heavy atom. The van der Waals surface area contributed by atoms with Crippen molar-refractivity contribution in [1.82, 2.24) is 20.9 Å². The summed E-state index contributed by atoms with van der Waals surface area (Å²) in [5, 5.41) is 17.4. The number of aliphatic carboxylic acids is 1. The van der Waals surface area contributed by atoms with Crippen molar-refractivity contribution in [2.45, 2.75) is 44.6 Å². The Kier molecular flexibility index (Phi) is 11.2. The molecule has 3 amide bonds. The molecule has 0 aliphatic carbocycles. The molecule has 0 aromatic carbocycles. The van der Waals surface area contributed by atoms with Crippen LogP contribution < -0.4 is 16.0 Å². The van der Waals surface area contributed by atoms with Crippen LogP contribution in [0.3, 0.4) is 0 Å². The average molecular weight is 457 g/mol. The molecule has 182 valence electrons. The van der Waals surface area contributed by atoms with Crippen LogP contribution in [0.2, 0.25) is 0 Å². The van der Waals surface area contributed by atoms with Gasteiger partial charge in [-0.15, -0.1) is 0 Å². The summed E-state index contributed by atoms with van der Waals surface area (Å²) in [6.45, 7) is 2.89. The molecule has 2 rings (SSSR count). The number of carboxylic acids is 1. The van der Waals surface area contributed by atoms with Crippen molar-refractivity contribution in [1.29, 1.82) is 0 Å². The van der Waals surface area contributed by atoms with Crippen LogP contribution in [0.5, 0.6) is 0 Å². The molecule has 2 saturated heterocycles. The van der Waals surface area contributed by atoms with Crippen molar-refractivity contribution >= 4 is 23.9 Å². The lowest BCUT2D eigenvalue weighted by Gasteiger charge is -2.33. The molecule has 0 aromatic heterocycles. The highest BCUT2D eigenvalue weighted by Gasteiger charge is 2.30. The van der Waals surface area contributed by atoms with Gasteiger partial charge in [-0.05, 0) is 51.1 Å². The summed E-state index contributed by atoms with van der Waals surface area (Å²) in [4.78, 5) is 50.0. The predicted molar refractivity (Wildman–Crippen MR) is 115 cm³/mol. The van der Waals surface area contributed by atoms with E-state index >= 15 is 0 Å². The molecule has 0 spiro atoms. The maximum absolute atomic E-state index is 12.6. The van der Waals surface area contributed by atoms with Crippen molar-refractivity contribution in [3.8, 4) is 0 Å². The van der Waals surface area contributed by atoms with Gasteiger partial charge in [-0.25, -0.2) is 9.59 Å². The van der Waals surface area contributed by atoms with Gasteiger partial charge in [0.1, 0.15) is 12.6 Å². The smallest absolute Gasteiger partial charge is 0.407 e. The third-order valence-electron chi connectivity index (χ3n) is 5.96. The summed E-state index contributed by atoms with van der Waals surface area (Å²) >= 11 is 0. The van der Waals surface area contributed by atoms with Gasteiger partial charge in [0.15, 0.2) is 0 Å². The molecule has 11 heteroatoms. The first-order valence-electron chi connectivity index (χ1n) is 11.3. The molecule has 2 fully saturated rings. The predicted octanol–water partition coefficient (Wildman–Crippen LogP) is -0.0532. The van der Waals surface area contributed by atoms with Gasteiger partial charge in [0.05, 0.1) is 12.5 Å². The fourth-order valence-electron chi connectivity index (χ4n) is 4.02. The number of hydrogen-bond acceptors (Lipinski definition) is 7. The molecule has 2 aliphatic heterocycles. The number of amides is 3. The molecule has 0 unspecified atom stereocenters. The summed E-state index contributed by atoms with van der Waals surface area (Å²) in [5.41, 5.74) is 0. The zero-order valence-corrected chi connectivity index (χ0v) is 18.8. The highest BCUT2D eigenvalue weighted by molar-refractivity contribution is 5.83. The number of methoxy groups -OCH3 is 1. The van der Waals surface area contributed by atoms with E-state index in [1.807, 2.05) is 0 Å². The van der Waals surface area contributed by atoms with E-state index in [4.69, 9.17) is 9.47 Å². The first kappa shape index (κ1) is 25.9. The highest BCUT2D eigenvalue weighted by Crippen LogP contribution is 2.21. The number of carbonyl (C=O) groups is 4. The summed E-state index contributed by atoms with van der Waals surface area (Å²) in [6, 6.07) is -1.32. The number of carboxylic acid groups (broad SMARTS) is 1. The standard InChI is InChI=1S/C21H36N4O7/c1-31-11-12-32-21(30)24-17(20(28)29)13-23-19(27)16-3-2-10-25(14-16)18(26)5-4-15-6-8-22-9-7-15/h15-17,22H,2-14H2,1H3,(H,23,27)(H,24,30)(H,28,29)/t16-,17-/m1/s1. The van der Waals surface area contributed by atoms with Crippen LogP contribution >= 0.6 is 0 Å². The van der Waals surface area contributed by atoms with Gasteiger partial charge in [-0.3, -0.25) is 9.59 Å². The highest BCUT2D eigenvalue weighted by atomic mass is 16.6. The van der Waals surface area contributed by atoms with Crippen LogP contribution in [0.15, 0.2) is 0 Å². The average Bonchev–Trinajstić information content (AvgIpc) is 2.80. The van der Waals surface area contributed by atoms with E-state index in [2.05, 4.69) is 16.0 Å². The first-order chi connectivity index (χ1) is 15.4. The molecule has 0 radical (unpaired) electrons. The Bertz CT molecular complexity index is 640. The number of likely N-dealkylation sites (tertiary alicyclic amines) is 1. The Morgan fingerprint density at radius 2 is 1.91 bits per heavy atom. The molecule has 11 nitrogen and oxygen atoms in total. The minimum Gasteiger partial charge on any atom is -0.480 e. The molecule has 0 bridgehead atoms. The number of nitrogens with one attached hydrogen (secondary N) is 3. The van der Waals surface area contributed by atoms with Gasteiger partial charge in [0, 0.05) is 33.2 Å². The number of alkyl carbamates (subject to hydrolysis) is 1. The minimum atomic E-state index is -1.32. The van der Waals surface area contributed by atoms with E-state index in [-0.39, 0.29) is 31.6 Å². The lowest BCUT2D eigenvalue weighted by atomic mass is 9.92. The second kappa shape index (κ2) is 13.9. The van der Waals surface area contributed by atoms with Crippen molar-refractivity contribution in [3.05, 3.63) is 0 Å².